The summed E-state index contributed by atoms with van der Waals surface area (Å²) in [5.41, 5.74) is 0.266. The molecule has 26 heavy (non-hydrogen) atoms. The monoisotopic (exact) mass is 362 g/mol. The summed E-state index contributed by atoms with van der Waals surface area (Å²) >= 11 is 0. The van der Waals surface area contributed by atoms with Gasteiger partial charge in [0.25, 0.3) is 0 Å². The first-order valence-electron chi connectivity index (χ1n) is 9.90. The largest absolute Gasteiger partial charge is 0.421 e. The summed E-state index contributed by atoms with van der Waals surface area (Å²) < 4.78 is 10.9. The number of aromatic nitrogens is 2. The molecule has 3 aliphatic rings. The van der Waals surface area contributed by atoms with Gasteiger partial charge in [0.05, 0.1) is 6.04 Å². The first-order chi connectivity index (χ1) is 12.6. The number of piperidine rings is 1. The molecule has 4 rings (SSSR count). The average molecular weight is 362 g/mol. The second-order valence-electron chi connectivity index (χ2n) is 8.41. The highest BCUT2D eigenvalue weighted by molar-refractivity contribution is 5.79. The summed E-state index contributed by atoms with van der Waals surface area (Å²) in [6.07, 6.45) is 7.80. The topological polar surface area (TPSA) is 71.7 Å². The number of carbonyl (C=O) groups excluding carboxylic acids is 1. The molecule has 2 aliphatic heterocycles. The van der Waals surface area contributed by atoms with E-state index in [4.69, 9.17) is 9.15 Å². The Morgan fingerprint density at radius 2 is 2.00 bits per heavy atom. The van der Waals surface area contributed by atoms with Gasteiger partial charge < -0.3 is 14.1 Å². The van der Waals surface area contributed by atoms with Crippen LogP contribution >= 0.6 is 0 Å². The fourth-order valence-corrected chi connectivity index (χ4v) is 5.12. The molecule has 3 heterocycles. The molecule has 1 spiro atoms. The summed E-state index contributed by atoms with van der Waals surface area (Å²) in [4.78, 5) is 17.1. The summed E-state index contributed by atoms with van der Waals surface area (Å²) in [5.74, 6) is 1.93. The van der Waals surface area contributed by atoms with Crippen molar-refractivity contribution in [1.29, 1.82) is 0 Å². The van der Waals surface area contributed by atoms with Crippen LogP contribution in [0.4, 0.5) is 0 Å². The van der Waals surface area contributed by atoms with Crippen LogP contribution in [0.5, 0.6) is 0 Å². The van der Waals surface area contributed by atoms with Gasteiger partial charge in [-0.25, -0.2) is 0 Å². The van der Waals surface area contributed by atoms with Crippen LogP contribution in [0.15, 0.2) is 4.42 Å². The minimum atomic E-state index is 0.171. The van der Waals surface area contributed by atoms with Crippen molar-refractivity contribution in [3.8, 4) is 0 Å². The normalized spacial score (nSPS) is 26.8. The highest BCUT2D eigenvalue weighted by Crippen LogP contribution is 2.48. The van der Waals surface area contributed by atoms with Gasteiger partial charge in [0.1, 0.15) is 6.61 Å². The highest BCUT2D eigenvalue weighted by atomic mass is 16.5. The van der Waals surface area contributed by atoms with Gasteiger partial charge in [-0.3, -0.25) is 9.69 Å². The molecular formula is C19H30N4O3. The van der Waals surface area contributed by atoms with Gasteiger partial charge in [0, 0.05) is 32.7 Å². The standard InChI is InChI=1S/C19H30N4O3/c1-22-13-19(11-15(22)17-21-20-16(26-17)12-25-2)7-9-23(10-8-19)18(24)14-5-3-4-6-14/h14-15H,3-13H2,1-2H3. The van der Waals surface area contributed by atoms with E-state index < -0.39 is 0 Å². The zero-order valence-electron chi connectivity index (χ0n) is 15.9. The van der Waals surface area contributed by atoms with Crippen LogP contribution in [0.25, 0.3) is 0 Å². The Balaban J connectivity index is 1.37. The summed E-state index contributed by atoms with van der Waals surface area (Å²) in [7, 11) is 3.76. The van der Waals surface area contributed by atoms with Crippen molar-refractivity contribution in [3.63, 3.8) is 0 Å². The van der Waals surface area contributed by atoms with Gasteiger partial charge in [-0.05, 0) is 44.6 Å². The fraction of sp³-hybridized carbons (Fsp3) is 0.842. The van der Waals surface area contributed by atoms with Gasteiger partial charge in [0.2, 0.25) is 17.7 Å². The number of nitrogens with zero attached hydrogens (tertiary/aromatic N) is 4. The van der Waals surface area contributed by atoms with Crippen LogP contribution in [-0.2, 0) is 16.1 Å². The van der Waals surface area contributed by atoms with Crippen LogP contribution in [0.2, 0.25) is 0 Å². The molecule has 7 nitrogen and oxygen atoms in total. The molecule has 144 valence electrons. The molecule has 1 saturated carbocycles. The Kier molecular flexibility index (Phi) is 5.01. The van der Waals surface area contributed by atoms with Crippen LogP contribution in [-0.4, -0.2) is 59.7 Å². The second kappa shape index (κ2) is 7.27. The van der Waals surface area contributed by atoms with Crippen molar-refractivity contribution in [2.45, 2.75) is 57.6 Å². The Labute approximate surface area is 155 Å². The van der Waals surface area contributed by atoms with Crippen LogP contribution in [0.3, 0.4) is 0 Å². The third-order valence-electron chi connectivity index (χ3n) is 6.62. The molecule has 0 N–H and O–H groups in total. The molecule has 1 aromatic rings. The molecule has 0 aromatic carbocycles. The minimum Gasteiger partial charge on any atom is -0.421 e. The van der Waals surface area contributed by atoms with Crippen LogP contribution in [0.1, 0.15) is 62.8 Å². The molecular weight excluding hydrogens is 332 g/mol. The van der Waals surface area contributed by atoms with Crippen LogP contribution < -0.4 is 0 Å². The minimum absolute atomic E-state index is 0.171. The van der Waals surface area contributed by atoms with Crippen molar-refractivity contribution in [1.82, 2.24) is 20.0 Å². The Bertz CT molecular complexity index is 632. The lowest BCUT2D eigenvalue weighted by atomic mass is 9.76. The molecule has 3 fully saturated rings. The van der Waals surface area contributed by atoms with Crippen molar-refractivity contribution in [2.75, 3.05) is 33.8 Å². The van der Waals surface area contributed by atoms with E-state index in [2.05, 4.69) is 27.0 Å². The third kappa shape index (κ3) is 3.39. The van der Waals surface area contributed by atoms with Gasteiger partial charge in [-0.1, -0.05) is 12.8 Å². The number of carbonyl (C=O) groups is 1. The number of methoxy groups -OCH3 is 1. The molecule has 1 amide bonds. The van der Waals surface area contributed by atoms with E-state index in [0.29, 0.717) is 30.2 Å². The van der Waals surface area contributed by atoms with Gasteiger partial charge >= 0.3 is 0 Å². The maximum absolute atomic E-state index is 12.7. The van der Waals surface area contributed by atoms with E-state index in [1.54, 1.807) is 7.11 Å². The number of likely N-dealkylation sites (tertiary alicyclic amines) is 2. The molecule has 1 aromatic heterocycles. The molecule has 0 radical (unpaired) electrons. The molecule has 7 heteroatoms. The lowest BCUT2D eigenvalue weighted by Gasteiger charge is -2.40. The van der Waals surface area contributed by atoms with E-state index in [9.17, 15) is 4.79 Å². The number of hydrogen-bond acceptors (Lipinski definition) is 6. The molecule has 1 atom stereocenters. The first kappa shape index (κ1) is 17.9. The lowest BCUT2D eigenvalue weighted by Crippen LogP contribution is -2.45. The van der Waals surface area contributed by atoms with Crippen LogP contribution in [0, 0.1) is 11.3 Å². The van der Waals surface area contributed by atoms with Gasteiger partial charge in [-0.2, -0.15) is 0 Å². The first-order valence-corrected chi connectivity index (χ1v) is 9.90. The third-order valence-corrected chi connectivity index (χ3v) is 6.62. The SMILES string of the molecule is COCc1nnc(C2CC3(CCN(C(=O)C4CCCC4)CC3)CN2C)o1. The zero-order valence-corrected chi connectivity index (χ0v) is 15.9. The predicted molar refractivity (Wildman–Crippen MR) is 95.2 cm³/mol. The summed E-state index contributed by atoms with van der Waals surface area (Å²) in [6.45, 7) is 3.18. The van der Waals surface area contributed by atoms with E-state index in [0.717, 1.165) is 51.7 Å². The molecule has 1 aliphatic carbocycles. The van der Waals surface area contributed by atoms with Crippen molar-refractivity contribution in [2.24, 2.45) is 11.3 Å². The van der Waals surface area contributed by atoms with Crippen molar-refractivity contribution in [3.05, 3.63) is 11.8 Å². The smallest absolute Gasteiger partial charge is 0.242 e. The molecule has 2 saturated heterocycles. The van der Waals surface area contributed by atoms with Gasteiger partial charge in [-0.15, -0.1) is 10.2 Å². The number of ether oxygens (including phenoxy) is 1. The Morgan fingerprint density at radius 1 is 1.27 bits per heavy atom. The van der Waals surface area contributed by atoms with E-state index in [-0.39, 0.29) is 11.5 Å². The number of hydrogen-bond donors (Lipinski definition) is 0. The predicted octanol–water partition coefficient (Wildman–Crippen LogP) is 2.39. The van der Waals surface area contributed by atoms with E-state index in [1.807, 2.05) is 0 Å². The highest BCUT2D eigenvalue weighted by Gasteiger charge is 2.47. The average Bonchev–Trinajstić information content (AvgIpc) is 3.36. The van der Waals surface area contributed by atoms with E-state index in [1.165, 1.54) is 12.8 Å². The summed E-state index contributed by atoms with van der Waals surface area (Å²) in [6, 6.07) is 0.171. The molecule has 1 unspecified atom stereocenters. The van der Waals surface area contributed by atoms with Crippen molar-refractivity contribution < 1.29 is 13.9 Å². The summed E-state index contributed by atoms with van der Waals surface area (Å²) in [5, 5.41) is 8.31. The maximum Gasteiger partial charge on any atom is 0.242 e. The molecule has 0 bridgehead atoms. The number of amides is 1. The Morgan fingerprint density at radius 3 is 2.69 bits per heavy atom. The fourth-order valence-electron chi connectivity index (χ4n) is 5.12. The van der Waals surface area contributed by atoms with Crippen molar-refractivity contribution >= 4 is 5.91 Å². The second-order valence-corrected chi connectivity index (χ2v) is 8.41. The number of rotatable bonds is 4. The van der Waals surface area contributed by atoms with E-state index >= 15 is 0 Å². The lowest BCUT2D eigenvalue weighted by molar-refractivity contribution is -0.137. The quantitative estimate of drug-likeness (QED) is 0.819. The van der Waals surface area contributed by atoms with Gasteiger partial charge in [0.15, 0.2) is 0 Å². The zero-order chi connectivity index (χ0) is 18.1. The maximum atomic E-state index is 12.7. The Hall–Kier alpha value is -1.47.